The fraction of sp³-hybridized carbons (Fsp3) is 0.594. The number of hydrogen-bond acceptors (Lipinski definition) is 6. The quantitative estimate of drug-likeness (QED) is 0.372. The van der Waals surface area contributed by atoms with E-state index in [9.17, 15) is 19.5 Å². The van der Waals surface area contributed by atoms with Crippen molar-refractivity contribution < 1.29 is 24.2 Å². The molecule has 1 saturated carbocycles. The Morgan fingerprint density at radius 2 is 1.76 bits per heavy atom. The molecule has 3 amide bonds. The van der Waals surface area contributed by atoms with Gasteiger partial charge in [0.15, 0.2) is 0 Å². The normalized spacial score (nSPS) is 31.7. The number of rotatable bonds is 8. The van der Waals surface area contributed by atoms with E-state index in [0.29, 0.717) is 39.1 Å². The average Bonchev–Trinajstić information content (AvgIpc) is 3.29. The van der Waals surface area contributed by atoms with Crippen molar-refractivity contribution in [1.82, 2.24) is 9.80 Å². The van der Waals surface area contributed by atoms with Crippen LogP contribution < -0.4 is 9.64 Å². The Labute approximate surface area is 246 Å². The molecule has 4 aliphatic heterocycles. The first-order valence-electron chi connectivity index (χ1n) is 15.3. The van der Waals surface area contributed by atoms with E-state index in [4.69, 9.17) is 4.74 Å². The van der Waals surface area contributed by atoms with Crippen LogP contribution in [0.3, 0.4) is 0 Å². The molecular weight excluding hydrogens is 538 g/mol. The van der Waals surface area contributed by atoms with Gasteiger partial charge in [0.25, 0.3) is 0 Å². The molecular formula is C32H41N3O5S. The van der Waals surface area contributed by atoms with Crippen molar-refractivity contribution in [2.75, 3.05) is 37.7 Å². The molecule has 1 aliphatic carbocycles. The lowest BCUT2D eigenvalue weighted by molar-refractivity contribution is -0.144. The monoisotopic (exact) mass is 579 g/mol. The van der Waals surface area contributed by atoms with Crippen LogP contribution in [0.25, 0.3) is 0 Å². The first kappa shape index (κ1) is 28.3. The van der Waals surface area contributed by atoms with Crippen molar-refractivity contribution in [2.24, 2.45) is 11.8 Å². The number of carbonyl (C=O) groups is 3. The highest BCUT2D eigenvalue weighted by atomic mass is 32.2. The highest BCUT2D eigenvalue weighted by Crippen LogP contribution is 2.61. The molecule has 0 radical (unpaired) electrons. The number of benzene rings is 1. The number of fused-ring (bicyclic) bond motifs is 2. The summed E-state index contributed by atoms with van der Waals surface area (Å²) in [5, 5.41) is 9.26. The number of hydrogen-bond donors (Lipinski definition) is 1. The standard InChI is InChI=1S/C32H41N3O5S/c1-2-40-24-15-13-23(14-16-24)33-19-8-12-25-26(29(33)37)27-30(38)35(18-6-7-21-36)28-31(39)34(22-10-4-3-5-11-22)20-9-17-32(27,28)41-25/h8-9,12-17,22,25-28,36H,2-7,10-11,18-21H2,1H3/t25-,26+,27+,28?,32+/m1/s1. The molecule has 0 bridgehead atoms. The van der Waals surface area contributed by atoms with E-state index in [1.807, 2.05) is 42.2 Å². The number of nitrogens with zero attached hydrogens (tertiary/aromatic N) is 3. The Morgan fingerprint density at radius 1 is 0.976 bits per heavy atom. The minimum Gasteiger partial charge on any atom is -0.494 e. The fourth-order valence-electron chi connectivity index (χ4n) is 7.63. The molecule has 9 heteroatoms. The number of ether oxygens (including phenoxy) is 1. The molecule has 5 aliphatic rings. The minimum absolute atomic E-state index is 0.0190. The second-order valence-electron chi connectivity index (χ2n) is 11.8. The van der Waals surface area contributed by atoms with Gasteiger partial charge in [-0.15, -0.1) is 11.8 Å². The lowest BCUT2D eigenvalue weighted by Gasteiger charge is -2.39. The topological polar surface area (TPSA) is 90.4 Å². The summed E-state index contributed by atoms with van der Waals surface area (Å²) in [5.41, 5.74) is 0.771. The molecule has 1 aromatic rings. The zero-order chi connectivity index (χ0) is 28.6. The number of amides is 3. The maximum absolute atomic E-state index is 14.5. The second kappa shape index (κ2) is 11.8. The third-order valence-corrected chi connectivity index (χ3v) is 11.2. The molecule has 3 fully saturated rings. The number of carbonyl (C=O) groups excluding carboxylic acids is 3. The van der Waals surface area contributed by atoms with Crippen LogP contribution in [0.4, 0.5) is 5.69 Å². The third kappa shape index (κ3) is 4.88. The van der Waals surface area contributed by atoms with Crippen molar-refractivity contribution in [2.45, 2.75) is 74.0 Å². The summed E-state index contributed by atoms with van der Waals surface area (Å²) in [6.07, 6.45) is 14.9. The molecule has 2 saturated heterocycles. The largest absolute Gasteiger partial charge is 0.494 e. The summed E-state index contributed by atoms with van der Waals surface area (Å²) < 4.78 is 4.80. The van der Waals surface area contributed by atoms with Gasteiger partial charge in [0.2, 0.25) is 17.7 Å². The van der Waals surface area contributed by atoms with Gasteiger partial charge in [-0.1, -0.05) is 43.6 Å². The van der Waals surface area contributed by atoms with Crippen LogP contribution in [0, 0.1) is 11.8 Å². The van der Waals surface area contributed by atoms with Gasteiger partial charge in [0, 0.05) is 43.2 Å². The van der Waals surface area contributed by atoms with E-state index in [2.05, 4.69) is 18.2 Å². The van der Waals surface area contributed by atoms with Crippen LogP contribution in [0.1, 0.15) is 51.9 Å². The summed E-state index contributed by atoms with van der Waals surface area (Å²) in [4.78, 5) is 48.8. The molecule has 1 aromatic carbocycles. The maximum Gasteiger partial charge on any atom is 0.247 e. The Hall–Kier alpha value is -2.78. The highest BCUT2D eigenvalue weighted by Gasteiger charge is 2.71. The van der Waals surface area contributed by atoms with Gasteiger partial charge in [-0.25, -0.2) is 0 Å². The van der Waals surface area contributed by atoms with Gasteiger partial charge >= 0.3 is 0 Å². The fourth-order valence-corrected chi connectivity index (χ4v) is 9.64. The summed E-state index contributed by atoms with van der Waals surface area (Å²) in [5.74, 6) is -0.598. The summed E-state index contributed by atoms with van der Waals surface area (Å²) in [7, 11) is 0. The van der Waals surface area contributed by atoms with Crippen molar-refractivity contribution in [1.29, 1.82) is 0 Å². The van der Waals surface area contributed by atoms with E-state index in [1.165, 1.54) is 6.42 Å². The molecule has 8 nitrogen and oxygen atoms in total. The lowest BCUT2D eigenvalue weighted by Crippen LogP contribution is -2.55. The predicted octanol–water partition coefficient (Wildman–Crippen LogP) is 3.79. The van der Waals surface area contributed by atoms with Crippen LogP contribution in [0.2, 0.25) is 0 Å². The van der Waals surface area contributed by atoms with E-state index in [-0.39, 0.29) is 35.6 Å². The summed E-state index contributed by atoms with van der Waals surface area (Å²) in [6.45, 7) is 3.93. The van der Waals surface area contributed by atoms with Crippen LogP contribution in [0.15, 0.2) is 48.6 Å². The van der Waals surface area contributed by atoms with E-state index >= 15 is 0 Å². The Morgan fingerprint density at radius 3 is 2.49 bits per heavy atom. The average molecular weight is 580 g/mol. The smallest absolute Gasteiger partial charge is 0.247 e. The number of unbranched alkanes of at least 4 members (excludes halogenated alkanes) is 1. The molecule has 220 valence electrons. The van der Waals surface area contributed by atoms with E-state index in [1.54, 1.807) is 21.6 Å². The highest BCUT2D eigenvalue weighted by molar-refractivity contribution is 8.02. The molecule has 1 spiro atoms. The minimum atomic E-state index is -0.798. The summed E-state index contributed by atoms with van der Waals surface area (Å²) in [6, 6.07) is 7.08. The van der Waals surface area contributed by atoms with Gasteiger partial charge in [0.1, 0.15) is 11.8 Å². The van der Waals surface area contributed by atoms with Crippen LogP contribution >= 0.6 is 11.8 Å². The van der Waals surface area contributed by atoms with Crippen LogP contribution in [0.5, 0.6) is 5.75 Å². The number of likely N-dealkylation sites (tertiary alicyclic amines) is 1. The van der Waals surface area contributed by atoms with Crippen molar-refractivity contribution in [3.8, 4) is 5.75 Å². The van der Waals surface area contributed by atoms with Gasteiger partial charge < -0.3 is 24.5 Å². The van der Waals surface area contributed by atoms with Gasteiger partial charge in [-0.3, -0.25) is 14.4 Å². The number of aliphatic hydroxyl groups is 1. The van der Waals surface area contributed by atoms with E-state index in [0.717, 1.165) is 37.1 Å². The van der Waals surface area contributed by atoms with E-state index < -0.39 is 22.6 Å². The summed E-state index contributed by atoms with van der Waals surface area (Å²) >= 11 is 1.63. The molecule has 6 rings (SSSR count). The zero-order valence-electron chi connectivity index (χ0n) is 23.8. The first-order valence-corrected chi connectivity index (χ1v) is 16.2. The number of anilines is 1. The van der Waals surface area contributed by atoms with Crippen molar-refractivity contribution in [3.05, 3.63) is 48.6 Å². The molecule has 5 atom stereocenters. The molecule has 0 aromatic heterocycles. The Kier molecular flexibility index (Phi) is 8.19. The molecule has 1 N–H and O–H groups in total. The molecule has 4 heterocycles. The van der Waals surface area contributed by atoms with Crippen LogP contribution in [-0.4, -0.2) is 87.6 Å². The Balaban J connectivity index is 1.36. The van der Waals surface area contributed by atoms with Gasteiger partial charge in [-0.2, -0.15) is 0 Å². The third-order valence-electron chi connectivity index (χ3n) is 9.47. The first-order chi connectivity index (χ1) is 20.0. The molecule has 41 heavy (non-hydrogen) atoms. The number of thioether (sulfide) groups is 1. The lowest BCUT2D eigenvalue weighted by atomic mass is 9.78. The zero-order valence-corrected chi connectivity index (χ0v) is 24.6. The van der Waals surface area contributed by atoms with Crippen molar-refractivity contribution in [3.63, 3.8) is 0 Å². The van der Waals surface area contributed by atoms with Crippen LogP contribution in [-0.2, 0) is 14.4 Å². The van der Waals surface area contributed by atoms with Gasteiger partial charge in [0.05, 0.1) is 23.2 Å². The second-order valence-corrected chi connectivity index (χ2v) is 13.3. The predicted molar refractivity (Wildman–Crippen MR) is 160 cm³/mol. The Bertz CT molecular complexity index is 1210. The SMILES string of the molecule is CCOc1ccc(N2CC=C[C@H]3S[C@]45C=CCN(C6CCCCC6)C(=O)C4N(CCCCO)C(=O)[C@@H]5[C@H]3C2=O)cc1. The van der Waals surface area contributed by atoms with Crippen molar-refractivity contribution >= 4 is 35.2 Å². The van der Waals surface area contributed by atoms with Gasteiger partial charge in [-0.05, 0) is 56.9 Å². The maximum atomic E-state index is 14.5. The number of aliphatic hydroxyl groups excluding tert-OH is 1. The molecule has 1 unspecified atom stereocenters.